The van der Waals surface area contributed by atoms with Crippen molar-refractivity contribution in [3.63, 3.8) is 0 Å². The lowest BCUT2D eigenvalue weighted by molar-refractivity contribution is 0.571. The van der Waals surface area contributed by atoms with Crippen LogP contribution in [0.1, 0.15) is 31.7 Å². The number of aryl methyl sites for hydroxylation is 1. The number of aromatic nitrogens is 2. The number of primary sulfonamides is 1. The summed E-state index contributed by atoms with van der Waals surface area (Å²) in [6, 6.07) is 9.05. The summed E-state index contributed by atoms with van der Waals surface area (Å²) in [4.78, 5) is 2.39. The Hall–Kier alpha value is -1.99. The first-order valence-corrected chi connectivity index (χ1v) is 9.78. The molecule has 0 saturated carbocycles. The van der Waals surface area contributed by atoms with E-state index in [2.05, 4.69) is 15.1 Å². The highest BCUT2D eigenvalue weighted by molar-refractivity contribution is 7.89. The first-order valence-electron chi connectivity index (χ1n) is 8.24. The van der Waals surface area contributed by atoms with Crippen LogP contribution >= 0.6 is 0 Å². The molecule has 2 N–H and O–H groups in total. The van der Waals surface area contributed by atoms with Crippen LogP contribution in [0.5, 0.6) is 0 Å². The van der Waals surface area contributed by atoms with Crippen LogP contribution in [0.15, 0.2) is 35.2 Å². The van der Waals surface area contributed by atoms with Gasteiger partial charge in [0.15, 0.2) is 5.82 Å². The molecule has 0 spiro atoms. The van der Waals surface area contributed by atoms with Gasteiger partial charge in [0.25, 0.3) is 0 Å². The van der Waals surface area contributed by atoms with Crippen molar-refractivity contribution in [2.75, 3.05) is 18.0 Å². The molecule has 0 bridgehead atoms. The number of rotatable bonds is 4. The standard InChI is InChI=1S/C17H22N4O2S/c1-2-13-6-7-14(12-16(13)24(18,22)23)15-8-9-17(20-19-15)21-10-4-3-5-11-21/h6-9,12H,2-5,10-11H2,1H3,(H2,18,22,23). The maximum absolute atomic E-state index is 11.8. The van der Waals surface area contributed by atoms with Gasteiger partial charge in [-0.1, -0.05) is 19.1 Å². The topological polar surface area (TPSA) is 89.2 Å². The summed E-state index contributed by atoms with van der Waals surface area (Å²) >= 11 is 0. The molecule has 1 aromatic carbocycles. The molecule has 0 radical (unpaired) electrons. The van der Waals surface area contributed by atoms with E-state index >= 15 is 0 Å². The smallest absolute Gasteiger partial charge is 0.238 e. The quantitative estimate of drug-likeness (QED) is 0.918. The van der Waals surface area contributed by atoms with Gasteiger partial charge in [0.05, 0.1) is 10.6 Å². The van der Waals surface area contributed by atoms with Gasteiger partial charge in [-0.3, -0.25) is 0 Å². The molecule has 7 heteroatoms. The van der Waals surface area contributed by atoms with Crippen LogP contribution in [-0.2, 0) is 16.4 Å². The number of sulfonamides is 1. The molecular weight excluding hydrogens is 324 g/mol. The van der Waals surface area contributed by atoms with E-state index in [0.29, 0.717) is 23.2 Å². The number of hydrogen-bond acceptors (Lipinski definition) is 5. The zero-order valence-electron chi connectivity index (χ0n) is 13.8. The van der Waals surface area contributed by atoms with Crippen LogP contribution < -0.4 is 10.0 Å². The fraction of sp³-hybridized carbons (Fsp3) is 0.412. The number of anilines is 1. The Morgan fingerprint density at radius 1 is 1.08 bits per heavy atom. The number of nitrogens with zero attached hydrogens (tertiary/aromatic N) is 3. The summed E-state index contributed by atoms with van der Waals surface area (Å²) in [6.07, 6.45) is 4.23. The Morgan fingerprint density at radius 2 is 1.83 bits per heavy atom. The second kappa shape index (κ2) is 6.86. The van der Waals surface area contributed by atoms with Gasteiger partial charge in [-0.2, -0.15) is 0 Å². The lowest BCUT2D eigenvalue weighted by atomic mass is 10.1. The van der Waals surface area contributed by atoms with E-state index in [1.807, 2.05) is 25.1 Å². The molecule has 128 valence electrons. The zero-order valence-corrected chi connectivity index (χ0v) is 14.6. The molecule has 0 unspecified atom stereocenters. The van der Waals surface area contributed by atoms with Crippen molar-refractivity contribution < 1.29 is 8.42 Å². The number of hydrogen-bond donors (Lipinski definition) is 1. The van der Waals surface area contributed by atoms with Crippen molar-refractivity contribution >= 4 is 15.8 Å². The minimum atomic E-state index is -3.76. The predicted molar refractivity (Wildman–Crippen MR) is 94.3 cm³/mol. The summed E-state index contributed by atoms with van der Waals surface area (Å²) in [7, 11) is -3.76. The van der Waals surface area contributed by atoms with Crippen molar-refractivity contribution in [3.8, 4) is 11.3 Å². The highest BCUT2D eigenvalue weighted by Crippen LogP contribution is 2.25. The number of piperidine rings is 1. The number of nitrogens with two attached hydrogens (primary N) is 1. The predicted octanol–water partition coefficient (Wildman–Crippen LogP) is 2.34. The van der Waals surface area contributed by atoms with Crippen molar-refractivity contribution in [3.05, 3.63) is 35.9 Å². The third-order valence-corrected chi connectivity index (χ3v) is 5.37. The Kier molecular flexibility index (Phi) is 4.82. The molecule has 1 aromatic heterocycles. The summed E-state index contributed by atoms with van der Waals surface area (Å²) < 4.78 is 23.6. The summed E-state index contributed by atoms with van der Waals surface area (Å²) in [5.74, 6) is 0.871. The molecule has 24 heavy (non-hydrogen) atoms. The Bertz CT molecular complexity index is 813. The Labute approximate surface area is 142 Å². The molecule has 6 nitrogen and oxygen atoms in total. The molecule has 0 amide bonds. The summed E-state index contributed by atoms with van der Waals surface area (Å²) in [5, 5.41) is 13.9. The van der Waals surface area contributed by atoms with E-state index in [-0.39, 0.29) is 4.90 Å². The van der Waals surface area contributed by atoms with Gasteiger partial charge in [-0.05, 0) is 49.4 Å². The van der Waals surface area contributed by atoms with E-state index in [9.17, 15) is 8.42 Å². The fourth-order valence-electron chi connectivity index (χ4n) is 3.04. The molecule has 1 fully saturated rings. The van der Waals surface area contributed by atoms with Gasteiger partial charge < -0.3 is 4.90 Å². The molecular formula is C17H22N4O2S. The minimum absolute atomic E-state index is 0.157. The molecule has 2 heterocycles. The van der Waals surface area contributed by atoms with Gasteiger partial charge in [0, 0.05) is 18.7 Å². The van der Waals surface area contributed by atoms with Gasteiger partial charge >= 0.3 is 0 Å². The lowest BCUT2D eigenvalue weighted by Gasteiger charge is -2.27. The highest BCUT2D eigenvalue weighted by atomic mass is 32.2. The van der Waals surface area contributed by atoms with Crippen molar-refractivity contribution in [1.29, 1.82) is 0 Å². The SMILES string of the molecule is CCc1ccc(-c2ccc(N3CCCCC3)nn2)cc1S(N)(=O)=O. The van der Waals surface area contributed by atoms with Crippen LogP contribution in [0.2, 0.25) is 0 Å². The van der Waals surface area contributed by atoms with Crippen molar-refractivity contribution in [2.24, 2.45) is 5.14 Å². The first-order chi connectivity index (χ1) is 11.5. The van der Waals surface area contributed by atoms with Gasteiger partial charge in [-0.15, -0.1) is 10.2 Å². The molecule has 3 rings (SSSR count). The van der Waals surface area contributed by atoms with Gasteiger partial charge in [-0.25, -0.2) is 13.6 Å². The average molecular weight is 346 g/mol. The highest BCUT2D eigenvalue weighted by Gasteiger charge is 2.16. The number of benzene rings is 1. The van der Waals surface area contributed by atoms with Crippen LogP contribution in [0.3, 0.4) is 0 Å². The van der Waals surface area contributed by atoms with Crippen LogP contribution in [0.4, 0.5) is 5.82 Å². The zero-order chi connectivity index (χ0) is 17.2. The van der Waals surface area contributed by atoms with Crippen LogP contribution in [0, 0.1) is 0 Å². The van der Waals surface area contributed by atoms with Crippen molar-refractivity contribution in [2.45, 2.75) is 37.5 Å². The molecule has 2 aromatic rings. The lowest BCUT2D eigenvalue weighted by Crippen LogP contribution is -2.30. The molecule has 0 atom stereocenters. The van der Waals surface area contributed by atoms with Crippen molar-refractivity contribution in [1.82, 2.24) is 10.2 Å². The Balaban J connectivity index is 1.91. The van der Waals surface area contributed by atoms with E-state index < -0.39 is 10.0 Å². The average Bonchev–Trinajstić information content (AvgIpc) is 2.61. The maximum Gasteiger partial charge on any atom is 0.238 e. The van der Waals surface area contributed by atoms with E-state index in [1.165, 1.54) is 19.3 Å². The third-order valence-electron chi connectivity index (χ3n) is 4.38. The summed E-state index contributed by atoms with van der Waals surface area (Å²) in [6.45, 7) is 3.92. The van der Waals surface area contributed by atoms with E-state index in [0.717, 1.165) is 18.9 Å². The maximum atomic E-state index is 11.8. The second-order valence-electron chi connectivity index (χ2n) is 6.05. The normalized spacial score (nSPS) is 15.5. The van der Waals surface area contributed by atoms with Crippen LogP contribution in [-0.4, -0.2) is 31.7 Å². The third kappa shape index (κ3) is 3.57. The minimum Gasteiger partial charge on any atom is -0.355 e. The monoisotopic (exact) mass is 346 g/mol. The molecule has 1 aliphatic heterocycles. The first kappa shape index (κ1) is 16.9. The largest absolute Gasteiger partial charge is 0.355 e. The fourth-order valence-corrected chi connectivity index (χ4v) is 3.91. The van der Waals surface area contributed by atoms with E-state index in [1.54, 1.807) is 12.1 Å². The van der Waals surface area contributed by atoms with E-state index in [4.69, 9.17) is 5.14 Å². The van der Waals surface area contributed by atoms with Crippen LogP contribution in [0.25, 0.3) is 11.3 Å². The Morgan fingerprint density at radius 3 is 2.42 bits per heavy atom. The van der Waals surface area contributed by atoms with Gasteiger partial charge in [0.1, 0.15) is 0 Å². The summed E-state index contributed by atoms with van der Waals surface area (Å²) in [5.41, 5.74) is 2.05. The molecule has 1 saturated heterocycles. The second-order valence-corrected chi connectivity index (χ2v) is 7.58. The van der Waals surface area contributed by atoms with Gasteiger partial charge in [0.2, 0.25) is 10.0 Å². The molecule has 1 aliphatic rings. The molecule has 0 aliphatic carbocycles.